The average Bonchev–Trinajstić information content (AvgIpc) is 2.66. The minimum atomic E-state index is -4.02. The number of unbranched alkanes of at least 4 members (excludes halogenated alkanes) is 11. The van der Waals surface area contributed by atoms with Gasteiger partial charge in [0, 0.05) is 6.54 Å². The van der Waals surface area contributed by atoms with Gasteiger partial charge in [-0.3, -0.25) is 4.18 Å². The number of rotatable bonds is 18. The van der Waals surface area contributed by atoms with Crippen LogP contribution in [0.2, 0.25) is 0 Å². The van der Waals surface area contributed by atoms with Gasteiger partial charge in [0.25, 0.3) is 10.1 Å². The molecule has 0 heterocycles. The van der Waals surface area contributed by atoms with Crippen molar-refractivity contribution in [2.45, 2.75) is 109 Å². The Kier molecular flexibility index (Phi) is 23.2. The fourth-order valence-corrected chi connectivity index (χ4v) is 3.49. The molecule has 0 radical (unpaired) electrons. The molecule has 1 atom stereocenters. The number of halogens is 1. The maximum atomic E-state index is 13.6. The Morgan fingerprint density at radius 3 is 1.74 bits per heavy atom. The summed E-state index contributed by atoms with van der Waals surface area (Å²) in [6, 6.07) is 0. The van der Waals surface area contributed by atoms with Crippen molar-refractivity contribution in [3.05, 3.63) is 12.7 Å². The Balaban J connectivity index is 0. The fraction of sp³-hybridized carbons (Fsp3) is 0.905. The Bertz CT molecular complexity index is 402. The first-order valence-corrected chi connectivity index (χ1v) is 12.3. The van der Waals surface area contributed by atoms with Crippen molar-refractivity contribution in [3.63, 3.8) is 0 Å². The van der Waals surface area contributed by atoms with Crippen LogP contribution in [0.3, 0.4) is 0 Å². The summed E-state index contributed by atoms with van der Waals surface area (Å²) in [7, 11) is -4.02. The van der Waals surface area contributed by atoms with Crippen molar-refractivity contribution in [2.75, 3.05) is 13.2 Å². The van der Waals surface area contributed by atoms with Gasteiger partial charge in [0.05, 0.1) is 6.61 Å². The molecule has 0 aromatic heterocycles. The van der Waals surface area contributed by atoms with Gasteiger partial charge in [-0.25, -0.2) is 4.39 Å². The molecule has 0 bridgehead atoms. The zero-order chi connectivity index (χ0) is 20.8. The summed E-state index contributed by atoms with van der Waals surface area (Å²) in [4.78, 5) is 0. The summed E-state index contributed by atoms with van der Waals surface area (Å²) in [6.45, 7) is 8.28. The number of nitrogens with two attached hydrogens (primary N) is 1. The second-order valence-corrected chi connectivity index (χ2v) is 8.66. The highest BCUT2D eigenvalue weighted by Gasteiger charge is 2.25. The van der Waals surface area contributed by atoms with Gasteiger partial charge < -0.3 is 5.73 Å². The lowest BCUT2D eigenvalue weighted by atomic mass is 10.1. The Hall–Kier alpha value is -0.460. The topological polar surface area (TPSA) is 69.4 Å². The molecule has 2 N–H and O–H groups in total. The third-order valence-electron chi connectivity index (χ3n) is 4.26. The molecule has 27 heavy (non-hydrogen) atoms. The quantitative estimate of drug-likeness (QED) is 0.165. The fourth-order valence-electron chi connectivity index (χ4n) is 2.54. The number of alkyl halides is 1. The molecular weight excluding hydrogens is 365 g/mol. The van der Waals surface area contributed by atoms with Gasteiger partial charge in [-0.1, -0.05) is 90.6 Å². The van der Waals surface area contributed by atoms with E-state index >= 15 is 0 Å². The van der Waals surface area contributed by atoms with Gasteiger partial charge in [0.15, 0.2) is 0 Å². The summed E-state index contributed by atoms with van der Waals surface area (Å²) < 4.78 is 41.6. The first-order valence-electron chi connectivity index (χ1n) is 10.8. The summed E-state index contributed by atoms with van der Waals surface area (Å²) in [5, 5.41) is 0. The lowest BCUT2D eigenvalue weighted by molar-refractivity contribution is 0.271. The normalized spacial score (nSPS) is 12.3. The Labute approximate surface area is 168 Å². The van der Waals surface area contributed by atoms with E-state index in [-0.39, 0.29) is 13.0 Å². The lowest BCUT2D eigenvalue weighted by Crippen LogP contribution is -2.19. The lowest BCUT2D eigenvalue weighted by Gasteiger charge is -2.10. The average molecular weight is 410 g/mol. The van der Waals surface area contributed by atoms with Crippen LogP contribution in [0.25, 0.3) is 0 Å². The van der Waals surface area contributed by atoms with Crippen molar-refractivity contribution in [1.82, 2.24) is 0 Å². The molecule has 164 valence electrons. The van der Waals surface area contributed by atoms with Crippen molar-refractivity contribution in [1.29, 1.82) is 0 Å². The van der Waals surface area contributed by atoms with Crippen LogP contribution in [0.15, 0.2) is 12.7 Å². The van der Waals surface area contributed by atoms with E-state index in [1.54, 1.807) is 6.08 Å². The molecule has 4 nitrogen and oxygen atoms in total. The van der Waals surface area contributed by atoms with E-state index in [2.05, 4.69) is 13.5 Å². The largest absolute Gasteiger partial charge is 0.327 e. The number of hydrogen-bond acceptors (Lipinski definition) is 4. The van der Waals surface area contributed by atoms with E-state index in [1.165, 1.54) is 44.9 Å². The van der Waals surface area contributed by atoms with E-state index in [0.29, 0.717) is 19.4 Å². The van der Waals surface area contributed by atoms with Crippen LogP contribution in [-0.2, 0) is 14.3 Å². The van der Waals surface area contributed by atoms with E-state index in [0.717, 1.165) is 25.7 Å². The van der Waals surface area contributed by atoms with Gasteiger partial charge in [-0.2, -0.15) is 8.42 Å². The maximum Gasteiger partial charge on any atom is 0.299 e. The Morgan fingerprint density at radius 1 is 0.889 bits per heavy atom. The van der Waals surface area contributed by atoms with Gasteiger partial charge >= 0.3 is 0 Å². The van der Waals surface area contributed by atoms with Gasteiger partial charge in [-0.15, -0.1) is 6.58 Å². The maximum absolute atomic E-state index is 13.6. The molecule has 0 fully saturated rings. The third kappa shape index (κ3) is 21.7. The second kappa shape index (κ2) is 21.8. The molecule has 0 aliphatic heterocycles. The second-order valence-electron chi connectivity index (χ2n) is 6.93. The minimum Gasteiger partial charge on any atom is -0.327 e. The predicted molar refractivity (Wildman–Crippen MR) is 115 cm³/mol. The zero-order valence-electron chi connectivity index (χ0n) is 17.8. The minimum absolute atomic E-state index is 0.0498. The van der Waals surface area contributed by atoms with Crippen molar-refractivity contribution >= 4 is 10.1 Å². The molecule has 0 aliphatic rings. The molecule has 0 spiro atoms. The van der Waals surface area contributed by atoms with Crippen LogP contribution in [0.4, 0.5) is 4.39 Å². The van der Waals surface area contributed by atoms with Crippen LogP contribution in [-0.4, -0.2) is 27.1 Å². The molecule has 0 saturated heterocycles. The van der Waals surface area contributed by atoms with Crippen molar-refractivity contribution in [2.24, 2.45) is 5.73 Å². The molecule has 0 saturated carbocycles. The van der Waals surface area contributed by atoms with E-state index < -0.39 is 15.6 Å². The Morgan fingerprint density at radius 2 is 1.30 bits per heavy atom. The van der Waals surface area contributed by atoms with Gasteiger partial charge in [0.2, 0.25) is 5.50 Å². The monoisotopic (exact) mass is 409 g/mol. The first kappa shape index (κ1) is 28.7. The highest BCUT2D eigenvalue weighted by molar-refractivity contribution is 7.87. The molecule has 0 aliphatic carbocycles. The highest BCUT2D eigenvalue weighted by atomic mass is 32.2. The van der Waals surface area contributed by atoms with Crippen LogP contribution in [0.1, 0.15) is 104 Å². The molecule has 0 rings (SSSR count). The first-order chi connectivity index (χ1) is 13.0. The van der Waals surface area contributed by atoms with E-state index in [4.69, 9.17) is 9.92 Å². The van der Waals surface area contributed by atoms with E-state index in [9.17, 15) is 12.8 Å². The van der Waals surface area contributed by atoms with Crippen LogP contribution < -0.4 is 5.73 Å². The predicted octanol–water partition coefficient (Wildman–Crippen LogP) is 6.26. The zero-order valence-corrected chi connectivity index (χ0v) is 18.6. The molecule has 0 aromatic carbocycles. The highest BCUT2D eigenvalue weighted by Crippen LogP contribution is 2.16. The summed E-state index contributed by atoms with van der Waals surface area (Å²) in [6.07, 6.45) is 15.9. The molecular formula is C21H44FNO3S. The van der Waals surface area contributed by atoms with E-state index in [1.807, 2.05) is 6.92 Å². The van der Waals surface area contributed by atoms with Crippen molar-refractivity contribution < 1.29 is 17.0 Å². The van der Waals surface area contributed by atoms with Crippen molar-refractivity contribution in [3.8, 4) is 0 Å². The van der Waals surface area contributed by atoms with Gasteiger partial charge in [-0.05, 0) is 19.3 Å². The summed E-state index contributed by atoms with van der Waals surface area (Å²) in [5.74, 6) is 0. The molecule has 0 aromatic rings. The van der Waals surface area contributed by atoms with Crippen LogP contribution in [0.5, 0.6) is 0 Å². The number of hydrogen-bond donors (Lipinski definition) is 1. The third-order valence-corrected chi connectivity index (χ3v) is 5.62. The summed E-state index contributed by atoms with van der Waals surface area (Å²) >= 11 is 0. The van der Waals surface area contributed by atoms with Crippen LogP contribution in [0, 0.1) is 0 Å². The van der Waals surface area contributed by atoms with Crippen LogP contribution >= 0.6 is 0 Å². The summed E-state index contributed by atoms with van der Waals surface area (Å²) in [5.41, 5.74) is 3.05. The SMILES string of the molecule is C=CCN.CCCCCCCCCCCCOS(=O)(=O)C(F)CCCCC. The smallest absolute Gasteiger partial charge is 0.299 e. The molecule has 0 amide bonds. The molecule has 6 heteroatoms. The van der Waals surface area contributed by atoms with Gasteiger partial charge in [0.1, 0.15) is 0 Å². The standard InChI is InChI=1S/C18H37FO3S.C3H7N/c1-3-5-7-8-9-10-11-12-13-15-17-22-23(20,21)18(19)16-14-6-4-2;1-2-3-4/h18H,3-17H2,1-2H3;2H,1,3-4H2. The molecule has 1 unspecified atom stereocenters.